The maximum absolute atomic E-state index is 3.23. The quantitative estimate of drug-likeness (QED) is 0.723. The molecule has 0 spiro atoms. The molecular weight excluding hydrogens is 168 g/mol. The van der Waals surface area contributed by atoms with Crippen LogP contribution in [0.15, 0.2) is 24.3 Å². The minimum absolute atomic E-state index is 1.15. The average molecular weight is 182 g/mol. The van der Waals surface area contributed by atoms with Gasteiger partial charge in [0.2, 0.25) is 0 Å². The lowest BCUT2D eigenvalue weighted by molar-refractivity contribution is 0.706. The minimum atomic E-state index is 1.15. The third-order valence-corrected chi connectivity index (χ3v) is 2.06. The standard InChI is InChI=1S/C9H14N2S/c1-8-5-4-6-9(7-8)10-12-11(2)3/h4-7,10H,1-3H3. The predicted octanol–water partition coefficient (Wildman–Crippen LogP) is 2.53. The topological polar surface area (TPSA) is 15.3 Å². The van der Waals surface area contributed by atoms with E-state index >= 15 is 0 Å². The summed E-state index contributed by atoms with van der Waals surface area (Å²) in [5, 5.41) is 0. The van der Waals surface area contributed by atoms with Gasteiger partial charge in [0.15, 0.2) is 0 Å². The summed E-state index contributed by atoms with van der Waals surface area (Å²) in [4.78, 5) is 0. The van der Waals surface area contributed by atoms with Crippen molar-refractivity contribution in [2.75, 3.05) is 18.8 Å². The van der Waals surface area contributed by atoms with Crippen molar-refractivity contribution in [2.24, 2.45) is 0 Å². The largest absolute Gasteiger partial charge is 0.317 e. The summed E-state index contributed by atoms with van der Waals surface area (Å²) in [7, 11) is 4.01. The van der Waals surface area contributed by atoms with Crippen molar-refractivity contribution in [3.63, 3.8) is 0 Å². The highest BCUT2D eigenvalue weighted by Gasteiger charge is 1.92. The number of benzene rings is 1. The Morgan fingerprint density at radius 1 is 1.33 bits per heavy atom. The van der Waals surface area contributed by atoms with Crippen molar-refractivity contribution >= 4 is 17.8 Å². The molecule has 0 saturated carbocycles. The molecule has 1 aromatic carbocycles. The van der Waals surface area contributed by atoms with Gasteiger partial charge in [0.05, 0.1) is 0 Å². The van der Waals surface area contributed by atoms with Crippen molar-refractivity contribution in [1.82, 2.24) is 4.31 Å². The Hall–Kier alpha value is -0.670. The molecule has 0 bridgehead atoms. The van der Waals surface area contributed by atoms with Crippen molar-refractivity contribution in [2.45, 2.75) is 6.92 Å². The molecule has 0 unspecified atom stereocenters. The molecule has 0 fully saturated rings. The first-order valence-corrected chi connectivity index (χ1v) is 4.63. The molecule has 1 rings (SSSR count). The van der Waals surface area contributed by atoms with Crippen LogP contribution < -0.4 is 4.72 Å². The van der Waals surface area contributed by atoms with Gasteiger partial charge >= 0.3 is 0 Å². The molecule has 0 saturated heterocycles. The fourth-order valence-corrected chi connectivity index (χ4v) is 1.27. The molecule has 0 aromatic heterocycles. The Labute approximate surface area is 78.2 Å². The number of hydrogen-bond acceptors (Lipinski definition) is 3. The van der Waals surface area contributed by atoms with E-state index in [-0.39, 0.29) is 0 Å². The van der Waals surface area contributed by atoms with Gasteiger partial charge in [-0.2, -0.15) is 0 Å². The van der Waals surface area contributed by atoms with Crippen LogP contribution in [0.3, 0.4) is 0 Å². The van der Waals surface area contributed by atoms with Crippen molar-refractivity contribution in [3.8, 4) is 0 Å². The third kappa shape index (κ3) is 3.15. The number of hydrogen-bond donors (Lipinski definition) is 1. The van der Waals surface area contributed by atoms with Crippen LogP contribution in [0.4, 0.5) is 5.69 Å². The van der Waals surface area contributed by atoms with Gasteiger partial charge in [0.1, 0.15) is 0 Å². The molecule has 3 heteroatoms. The summed E-state index contributed by atoms with van der Waals surface area (Å²) in [6, 6.07) is 8.32. The van der Waals surface area contributed by atoms with E-state index < -0.39 is 0 Å². The second kappa shape index (κ2) is 4.38. The van der Waals surface area contributed by atoms with Gasteiger partial charge in [0.25, 0.3) is 0 Å². The van der Waals surface area contributed by atoms with Gasteiger partial charge < -0.3 is 4.72 Å². The van der Waals surface area contributed by atoms with E-state index in [0.717, 1.165) is 5.69 Å². The van der Waals surface area contributed by atoms with Crippen LogP contribution in [0.25, 0.3) is 0 Å². The molecule has 0 atom stereocenters. The number of anilines is 1. The zero-order chi connectivity index (χ0) is 8.97. The first-order chi connectivity index (χ1) is 5.68. The number of aryl methyl sites for hydroxylation is 1. The van der Waals surface area contributed by atoms with Crippen LogP contribution in [0.1, 0.15) is 5.56 Å². The molecule has 1 N–H and O–H groups in total. The van der Waals surface area contributed by atoms with Crippen molar-refractivity contribution < 1.29 is 0 Å². The molecule has 1 aromatic rings. The van der Waals surface area contributed by atoms with Crippen LogP contribution in [0.2, 0.25) is 0 Å². The van der Waals surface area contributed by atoms with Crippen LogP contribution >= 0.6 is 12.1 Å². The SMILES string of the molecule is Cc1cccc(NSN(C)C)c1. The van der Waals surface area contributed by atoms with Crippen LogP contribution in [0.5, 0.6) is 0 Å². The lowest BCUT2D eigenvalue weighted by Gasteiger charge is -2.10. The Morgan fingerprint density at radius 2 is 2.08 bits per heavy atom. The summed E-state index contributed by atoms with van der Waals surface area (Å²) in [5.74, 6) is 0. The van der Waals surface area contributed by atoms with Gasteiger partial charge in [-0.05, 0) is 38.7 Å². The van der Waals surface area contributed by atoms with Crippen LogP contribution in [-0.2, 0) is 0 Å². The maximum atomic E-state index is 3.23. The van der Waals surface area contributed by atoms with Gasteiger partial charge in [-0.25, -0.2) is 4.31 Å². The summed E-state index contributed by atoms with van der Waals surface area (Å²) >= 11 is 1.58. The van der Waals surface area contributed by atoms with E-state index in [2.05, 4.69) is 29.8 Å². The van der Waals surface area contributed by atoms with Crippen molar-refractivity contribution in [3.05, 3.63) is 29.8 Å². The Balaban J connectivity index is 2.52. The zero-order valence-corrected chi connectivity index (χ0v) is 8.48. The van der Waals surface area contributed by atoms with Gasteiger partial charge in [-0.3, -0.25) is 0 Å². The van der Waals surface area contributed by atoms with Crippen molar-refractivity contribution in [1.29, 1.82) is 0 Å². The van der Waals surface area contributed by atoms with Gasteiger partial charge in [-0.15, -0.1) is 0 Å². The average Bonchev–Trinajstić information content (AvgIpc) is 2.01. The van der Waals surface area contributed by atoms with Crippen LogP contribution in [0, 0.1) is 6.92 Å². The molecule has 0 aliphatic rings. The monoisotopic (exact) mass is 182 g/mol. The lowest BCUT2D eigenvalue weighted by atomic mass is 10.2. The highest BCUT2D eigenvalue weighted by atomic mass is 32.2. The number of nitrogens with one attached hydrogen (secondary N) is 1. The molecule has 0 aliphatic carbocycles. The van der Waals surface area contributed by atoms with E-state index in [4.69, 9.17) is 0 Å². The van der Waals surface area contributed by atoms with E-state index in [9.17, 15) is 0 Å². The second-order valence-corrected chi connectivity index (χ2v) is 3.99. The van der Waals surface area contributed by atoms with Crippen LogP contribution in [-0.4, -0.2) is 18.4 Å². The highest BCUT2D eigenvalue weighted by Crippen LogP contribution is 2.14. The normalized spacial score (nSPS) is 10.3. The third-order valence-electron chi connectivity index (χ3n) is 1.36. The first-order valence-electron chi connectivity index (χ1n) is 3.85. The molecule has 12 heavy (non-hydrogen) atoms. The highest BCUT2D eigenvalue weighted by molar-refractivity contribution is 7.98. The Bertz CT molecular complexity index is 248. The fourth-order valence-electron chi connectivity index (χ4n) is 0.853. The molecule has 0 heterocycles. The minimum Gasteiger partial charge on any atom is -0.317 e. The van der Waals surface area contributed by atoms with E-state index in [1.165, 1.54) is 5.56 Å². The molecule has 0 radical (unpaired) electrons. The molecule has 2 nitrogen and oxygen atoms in total. The first kappa shape index (κ1) is 9.42. The predicted molar refractivity (Wildman–Crippen MR) is 56.1 cm³/mol. The maximum Gasteiger partial charge on any atom is 0.0454 e. The molecule has 0 amide bonds. The number of nitrogens with zero attached hydrogens (tertiary/aromatic N) is 1. The summed E-state index contributed by atoms with van der Waals surface area (Å²) in [6.45, 7) is 2.09. The summed E-state index contributed by atoms with van der Waals surface area (Å²) in [6.07, 6.45) is 0. The molecule has 66 valence electrons. The smallest absolute Gasteiger partial charge is 0.0454 e. The second-order valence-electron chi connectivity index (χ2n) is 2.88. The number of rotatable bonds is 3. The van der Waals surface area contributed by atoms with E-state index in [0.29, 0.717) is 0 Å². The lowest BCUT2D eigenvalue weighted by Crippen LogP contribution is -2.03. The van der Waals surface area contributed by atoms with E-state index in [1.54, 1.807) is 12.1 Å². The molecule has 0 aliphatic heterocycles. The summed E-state index contributed by atoms with van der Waals surface area (Å²) < 4.78 is 5.24. The molecular formula is C9H14N2S. The van der Waals surface area contributed by atoms with E-state index in [1.807, 2.05) is 24.5 Å². The van der Waals surface area contributed by atoms with Gasteiger partial charge in [-0.1, -0.05) is 12.1 Å². The summed E-state index contributed by atoms with van der Waals surface area (Å²) in [5.41, 5.74) is 2.42. The fraction of sp³-hybridized carbons (Fsp3) is 0.333. The van der Waals surface area contributed by atoms with Gasteiger partial charge in [0, 0.05) is 17.8 Å². The zero-order valence-electron chi connectivity index (χ0n) is 7.66. The Morgan fingerprint density at radius 3 is 2.67 bits per heavy atom. The Kier molecular flexibility index (Phi) is 3.44.